The van der Waals surface area contributed by atoms with E-state index in [-0.39, 0.29) is 12.1 Å². The fourth-order valence-electron chi connectivity index (χ4n) is 2.56. The highest BCUT2D eigenvalue weighted by Crippen LogP contribution is 2.29. The van der Waals surface area contributed by atoms with Gasteiger partial charge in [-0.1, -0.05) is 12.1 Å². The van der Waals surface area contributed by atoms with E-state index in [1.165, 1.54) is 0 Å². The standard InChI is InChI=1S/C15H21F3N2O/c1-19-13(14-10-20(2)7-8-21-14)9-11-3-5-12(6-4-11)15(16,17)18/h3-6,13-14,19H,7-10H2,1-2H3. The van der Waals surface area contributed by atoms with Crippen LogP contribution in [0.4, 0.5) is 13.2 Å². The van der Waals surface area contributed by atoms with Crippen molar-refractivity contribution >= 4 is 0 Å². The molecule has 1 fully saturated rings. The monoisotopic (exact) mass is 302 g/mol. The zero-order chi connectivity index (χ0) is 15.5. The maximum atomic E-state index is 12.5. The topological polar surface area (TPSA) is 24.5 Å². The van der Waals surface area contributed by atoms with Crippen LogP contribution in [0.2, 0.25) is 0 Å². The van der Waals surface area contributed by atoms with E-state index in [1.807, 2.05) is 14.1 Å². The first kappa shape index (κ1) is 16.3. The molecule has 118 valence electrons. The maximum Gasteiger partial charge on any atom is 0.416 e. The van der Waals surface area contributed by atoms with Crippen molar-refractivity contribution in [1.29, 1.82) is 0 Å². The van der Waals surface area contributed by atoms with Crippen LogP contribution in [0, 0.1) is 0 Å². The highest BCUT2D eigenvalue weighted by molar-refractivity contribution is 5.25. The summed E-state index contributed by atoms with van der Waals surface area (Å²) in [5.41, 5.74) is 0.264. The molecule has 2 atom stereocenters. The first-order chi connectivity index (χ1) is 9.90. The van der Waals surface area contributed by atoms with Gasteiger partial charge in [-0.15, -0.1) is 0 Å². The van der Waals surface area contributed by atoms with Crippen molar-refractivity contribution < 1.29 is 17.9 Å². The summed E-state index contributed by atoms with van der Waals surface area (Å²) in [5.74, 6) is 0. The SMILES string of the molecule is CNC(Cc1ccc(C(F)(F)F)cc1)C1CN(C)CCO1. The van der Waals surface area contributed by atoms with Crippen molar-refractivity contribution in [3.8, 4) is 0 Å². The average molecular weight is 302 g/mol. The number of benzene rings is 1. The van der Waals surface area contributed by atoms with Gasteiger partial charge in [-0.2, -0.15) is 13.2 Å². The summed E-state index contributed by atoms with van der Waals surface area (Å²) in [6.45, 7) is 2.42. The second-order valence-electron chi connectivity index (χ2n) is 5.47. The van der Waals surface area contributed by atoms with E-state index in [1.54, 1.807) is 12.1 Å². The highest BCUT2D eigenvalue weighted by Gasteiger charge is 2.30. The van der Waals surface area contributed by atoms with Crippen LogP contribution in [-0.4, -0.2) is 50.8 Å². The van der Waals surface area contributed by atoms with E-state index in [0.29, 0.717) is 13.0 Å². The summed E-state index contributed by atoms with van der Waals surface area (Å²) in [6.07, 6.45) is -3.58. The summed E-state index contributed by atoms with van der Waals surface area (Å²) < 4.78 is 43.4. The van der Waals surface area contributed by atoms with E-state index in [4.69, 9.17) is 4.74 Å². The Labute approximate surface area is 123 Å². The summed E-state index contributed by atoms with van der Waals surface area (Å²) in [5, 5.41) is 3.21. The molecule has 0 spiro atoms. The van der Waals surface area contributed by atoms with Crippen LogP contribution in [0.1, 0.15) is 11.1 Å². The predicted molar refractivity (Wildman–Crippen MR) is 75.2 cm³/mol. The fraction of sp³-hybridized carbons (Fsp3) is 0.600. The number of morpholine rings is 1. The Bertz CT molecular complexity index is 447. The number of hydrogen-bond acceptors (Lipinski definition) is 3. The lowest BCUT2D eigenvalue weighted by molar-refractivity contribution is -0.137. The maximum absolute atomic E-state index is 12.5. The van der Waals surface area contributed by atoms with Gasteiger partial charge in [-0.3, -0.25) is 0 Å². The van der Waals surface area contributed by atoms with Crippen LogP contribution in [-0.2, 0) is 17.3 Å². The molecule has 1 aromatic carbocycles. The lowest BCUT2D eigenvalue weighted by atomic mass is 9.99. The lowest BCUT2D eigenvalue weighted by Crippen LogP contribution is -2.51. The van der Waals surface area contributed by atoms with E-state index >= 15 is 0 Å². The summed E-state index contributed by atoms with van der Waals surface area (Å²) in [6, 6.07) is 5.44. The normalized spacial score (nSPS) is 22.2. The first-order valence-corrected chi connectivity index (χ1v) is 7.03. The third-order valence-electron chi connectivity index (χ3n) is 3.85. The zero-order valence-electron chi connectivity index (χ0n) is 12.3. The molecule has 2 unspecified atom stereocenters. The molecule has 1 aliphatic heterocycles. The second-order valence-corrected chi connectivity index (χ2v) is 5.47. The third-order valence-corrected chi connectivity index (χ3v) is 3.85. The average Bonchev–Trinajstić information content (AvgIpc) is 2.44. The van der Waals surface area contributed by atoms with Crippen molar-refractivity contribution in [2.75, 3.05) is 33.8 Å². The Balaban J connectivity index is 2.01. The Hall–Kier alpha value is -1.11. The van der Waals surface area contributed by atoms with Gasteiger partial charge in [0.2, 0.25) is 0 Å². The molecule has 0 amide bonds. The molecular weight excluding hydrogens is 281 g/mol. The Morgan fingerprint density at radius 1 is 1.33 bits per heavy atom. The van der Waals surface area contributed by atoms with Gasteiger partial charge in [-0.05, 0) is 38.2 Å². The third kappa shape index (κ3) is 4.43. The molecule has 2 rings (SSSR count). The molecule has 0 radical (unpaired) electrons. The number of rotatable bonds is 4. The largest absolute Gasteiger partial charge is 0.416 e. The zero-order valence-corrected chi connectivity index (χ0v) is 12.3. The van der Waals surface area contributed by atoms with E-state index in [2.05, 4.69) is 10.2 Å². The number of nitrogens with one attached hydrogen (secondary N) is 1. The number of halogens is 3. The number of likely N-dealkylation sites (N-methyl/N-ethyl adjacent to an activating group) is 2. The van der Waals surface area contributed by atoms with Gasteiger partial charge >= 0.3 is 6.18 Å². The van der Waals surface area contributed by atoms with Crippen molar-refractivity contribution in [3.63, 3.8) is 0 Å². The number of nitrogens with zero attached hydrogens (tertiary/aromatic N) is 1. The van der Waals surface area contributed by atoms with Gasteiger partial charge in [0.05, 0.1) is 18.3 Å². The first-order valence-electron chi connectivity index (χ1n) is 7.03. The molecule has 0 bridgehead atoms. The van der Waals surface area contributed by atoms with Gasteiger partial charge in [-0.25, -0.2) is 0 Å². The molecule has 1 saturated heterocycles. The van der Waals surface area contributed by atoms with E-state index in [0.717, 1.165) is 30.8 Å². The van der Waals surface area contributed by atoms with Crippen LogP contribution in [0.15, 0.2) is 24.3 Å². The van der Waals surface area contributed by atoms with E-state index in [9.17, 15) is 13.2 Å². The molecule has 1 aliphatic rings. The molecule has 0 aromatic heterocycles. The van der Waals surface area contributed by atoms with E-state index < -0.39 is 11.7 Å². The molecule has 6 heteroatoms. The van der Waals surface area contributed by atoms with Crippen molar-refractivity contribution in [1.82, 2.24) is 10.2 Å². The molecule has 1 heterocycles. The number of alkyl halides is 3. The molecule has 3 nitrogen and oxygen atoms in total. The Kier molecular flexibility index (Phi) is 5.24. The van der Waals surface area contributed by atoms with Gasteiger partial charge in [0.15, 0.2) is 0 Å². The van der Waals surface area contributed by atoms with Crippen LogP contribution < -0.4 is 5.32 Å². The summed E-state index contributed by atoms with van der Waals surface area (Å²) in [4.78, 5) is 2.20. The molecular formula is C15H21F3N2O. The minimum atomic E-state index is -4.28. The van der Waals surface area contributed by atoms with Gasteiger partial charge in [0.25, 0.3) is 0 Å². The van der Waals surface area contributed by atoms with Gasteiger partial charge in [0, 0.05) is 19.1 Å². The molecule has 1 aromatic rings. The van der Waals surface area contributed by atoms with Crippen LogP contribution in [0.3, 0.4) is 0 Å². The Morgan fingerprint density at radius 2 is 2.00 bits per heavy atom. The molecule has 0 aliphatic carbocycles. The van der Waals surface area contributed by atoms with Crippen LogP contribution in [0.5, 0.6) is 0 Å². The van der Waals surface area contributed by atoms with Crippen LogP contribution >= 0.6 is 0 Å². The minimum absolute atomic E-state index is 0.0519. The van der Waals surface area contributed by atoms with Gasteiger partial charge in [0.1, 0.15) is 0 Å². The molecule has 0 saturated carbocycles. The predicted octanol–water partition coefficient (Wildman–Crippen LogP) is 2.17. The Morgan fingerprint density at radius 3 is 2.52 bits per heavy atom. The number of hydrogen-bond donors (Lipinski definition) is 1. The second kappa shape index (κ2) is 6.77. The number of ether oxygens (including phenoxy) is 1. The quantitative estimate of drug-likeness (QED) is 0.922. The smallest absolute Gasteiger partial charge is 0.374 e. The summed E-state index contributed by atoms with van der Waals surface area (Å²) >= 11 is 0. The van der Waals surface area contributed by atoms with Gasteiger partial charge < -0.3 is 15.0 Å². The fourth-order valence-corrected chi connectivity index (χ4v) is 2.56. The van der Waals surface area contributed by atoms with Crippen molar-refractivity contribution in [2.24, 2.45) is 0 Å². The lowest BCUT2D eigenvalue weighted by Gasteiger charge is -2.35. The molecule has 21 heavy (non-hydrogen) atoms. The van der Waals surface area contributed by atoms with Crippen molar-refractivity contribution in [3.05, 3.63) is 35.4 Å². The minimum Gasteiger partial charge on any atom is -0.374 e. The van der Waals surface area contributed by atoms with Crippen LogP contribution in [0.25, 0.3) is 0 Å². The summed E-state index contributed by atoms with van der Waals surface area (Å²) in [7, 11) is 3.90. The van der Waals surface area contributed by atoms with Crippen molar-refractivity contribution in [2.45, 2.75) is 24.7 Å². The molecule has 1 N–H and O–H groups in total. The highest BCUT2D eigenvalue weighted by atomic mass is 19.4.